The predicted octanol–water partition coefficient (Wildman–Crippen LogP) is 0.967. The molecule has 3 N–H and O–H groups in total. The number of hydrogen-bond acceptors (Lipinski definition) is 6. The minimum absolute atomic E-state index is 0.248. The molecule has 0 unspecified atom stereocenters. The summed E-state index contributed by atoms with van der Waals surface area (Å²) >= 11 is 0. The van der Waals surface area contributed by atoms with Gasteiger partial charge in [-0.2, -0.15) is 0 Å². The Hall–Kier alpha value is -1.70. The second kappa shape index (κ2) is 8.79. The average molecular weight is 361 g/mol. The van der Waals surface area contributed by atoms with E-state index in [1.807, 2.05) is 12.1 Å². The van der Waals surface area contributed by atoms with Crippen LogP contribution in [0, 0.1) is 5.92 Å². The summed E-state index contributed by atoms with van der Waals surface area (Å²) in [4.78, 5) is 22.7. The van der Waals surface area contributed by atoms with Crippen molar-refractivity contribution in [3.05, 3.63) is 23.9 Å². The van der Waals surface area contributed by atoms with Gasteiger partial charge in [0.05, 0.1) is 0 Å². The fourth-order valence-electron chi connectivity index (χ4n) is 4.29. The molecule has 2 atom stereocenters. The van der Waals surface area contributed by atoms with Crippen molar-refractivity contribution in [1.82, 2.24) is 19.7 Å². The van der Waals surface area contributed by atoms with Crippen molar-refractivity contribution >= 4 is 11.8 Å². The van der Waals surface area contributed by atoms with Crippen molar-refractivity contribution < 1.29 is 9.90 Å². The molecule has 0 bridgehead atoms. The van der Waals surface area contributed by atoms with E-state index in [9.17, 15) is 4.79 Å². The Morgan fingerprint density at radius 1 is 1.31 bits per heavy atom. The molecule has 2 fully saturated rings. The molecule has 3 rings (SSSR count). The number of hydrogen-bond donors (Lipinski definition) is 2. The number of nitrogens with two attached hydrogens (primary N) is 1. The fourth-order valence-corrected chi connectivity index (χ4v) is 4.29. The number of piperazine rings is 1. The third kappa shape index (κ3) is 4.93. The second-order valence-electron chi connectivity index (χ2n) is 7.67. The molecule has 2 aliphatic heterocycles. The number of nitrogens with zero attached hydrogens (tertiary/aromatic N) is 4. The van der Waals surface area contributed by atoms with Crippen molar-refractivity contribution in [2.24, 2.45) is 5.92 Å². The van der Waals surface area contributed by atoms with Gasteiger partial charge in [0.25, 0.3) is 0 Å². The van der Waals surface area contributed by atoms with E-state index in [1.54, 1.807) is 6.20 Å². The van der Waals surface area contributed by atoms with Crippen LogP contribution in [0.3, 0.4) is 0 Å². The van der Waals surface area contributed by atoms with Gasteiger partial charge in [0.15, 0.2) is 0 Å². The van der Waals surface area contributed by atoms with Crippen LogP contribution in [0.15, 0.2) is 18.3 Å². The van der Waals surface area contributed by atoms with Gasteiger partial charge in [-0.1, -0.05) is 6.07 Å². The quantitative estimate of drug-likeness (QED) is 0.781. The van der Waals surface area contributed by atoms with Crippen LogP contribution < -0.4 is 5.73 Å². The van der Waals surface area contributed by atoms with Crippen LogP contribution in [-0.4, -0.2) is 83.1 Å². The van der Waals surface area contributed by atoms with E-state index in [4.69, 9.17) is 10.8 Å². The highest BCUT2D eigenvalue weighted by Gasteiger charge is 2.34. The van der Waals surface area contributed by atoms with Gasteiger partial charge in [0, 0.05) is 63.5 Å². The number of aliphatic carboxylic acids is 1. The lowest BCUT2D eigenvalue weighted by atomic mass is 9.86. The molecule has 7 nitrogen and oxygen atoms in total. The first-order valence-electron chi connectivity index (χ1n) is 9.59. The molecule has 1 aromatic heterocycles. The van der Waals surface area contributed by atoms with E-state index in [1.165, 1.54) is 0 Å². The van der Waals surface area contributed by atoms with Crippen LogP contribution in [0.1, 0.15) is 24.8 Å². The standard InChI is InChI=1S/C19H31N5O2/c1-22-9-11-24(12-10-22)17-6-8-23(13-15(17)4-5-18(25)26)14-16-3-2-7-21-19(16)20/h2-3,7,15,17H,4-6,8-14H2,1H3,(H2,20,21)(H,25,26)/t15-,17+/m0/s1. The van der Waals surface area contributed by atoms with Gasteiger partial charge in [-0.05, 0) is 38.4 Å². The maximum atomic E-state index is 11.1. The first kappa shape index (κ1) is 19.1. The first-order chi connectivity index (χ1) is 12.5. The van der Waals surface area contributed by atoms with E-state index >= 15 is 0 Å². The summed E-state index contributed by atoms with van der Waals surface area (Å²) in [7, 11) is 2.17. The molecule has 7 heteroatoms. The Bertz CT molecular complexity index is 603. The van der Waals surface area contributed by atoms with Crippen molar-refractivity contribution in [2.45, 2.75) is 31.8 Å². The minimum atomic E-state index is -0.698. The third-order valence-corrected chi connectivity index (χ3v) is 5.83. The summed E-state index contributed by atoms with van der Waals surface area (Å²) in [5.41, 5.74) is 7.06. The topological polar surface area (TPSA) is 85.9 Å². The molecular weight excluding hydrogens is 330 g/mol. The van der Waals surface area contributed by atoms with E-state index < -0.39 is 5.97 Å². The average Bonchev–Trinajstić information content (AvgIpc) is 2.63. The lowest BCUT2D eigenvalue weighted by Gasteiger charge is -2.46. The number of piperidine rings is 1. The van der Waals surface area contributed by atoms with Gasteiger partial charge in [0.1, 0.15) is 5.82 Å². The van der Waals surface area contributed by atoms with Gasteiger partial charge in [-0.25, -0.2) is 4.98 Å². The second-order valence-corrected chi connectivity index (χ2v) is 7.67. The molecule has 0 saturated carbocycles. The maximum Gasteiger partial charge on any atom is 0.303 e. The predicted molar refractivity (Wildman–Crippen MR) is 102 cm³/mol. The van der Waals surface area contributed by atoms with Crippen molar-refractivity contribution in [3.63, 3.8) is 0 Å². The maximum absolute atomic E-state index is 11.1. The molecule has 3 heterocycles. The number of aromatic nitrogens is 1. The highest BCUT2D eigenvalue weighted by Crippen LogP contribution is 2.28. The van der Waals surface area contributed by atoms with Gasteiger partial charge in [0.2, 0.25) is 0 Å². The number of pyridine rings is 1. The SMILES string of the molecule is CN1CCN([C@@H]2CCN(Cc3cccnc3N)C[C@@H]2CCC(=O)O)CC1. The Morgan fingerprint density at radius 2 is 2.08 bits per heavy atom. The van der Waals surface area contributed by atoms with Gasteiger partial charge in [-0.3, -0.25) is 14.6 Å². The number of anilines is 1. The van der Waals surface area contributed by atoms with Gasteiger partial charge < -0.3 is 15.7 Å². The molecule has 0 amide bonds. The van der Waals surface area contributed by atoms with Crippen LogP contribution in [0.5, 0.6) is 0 Å². The molecule has 144 valence electrons. The van der Waals surface area contributed by atoms with Crippen LogP contribution >= 0.6 is 0 Å². The smallest absolute Gasteiger partial charge is 0.303 e. The number of likely N-dealkylation sites (N-methyl/N-ethyl adjacent to an activating group) is 1. The molecule has 0 spiro atoms. The van der Waals surface area contributed by atoms with Crippen molar-refractivity contribution in [1.29, 1.82) is 0 Å². The zero-order valence-electron chi connectivity index (χ0n) is 15.7. The highest BCUT2D eigenvalue weighted by molar-refractivity contribution is 5.66. The summed E-state index contributed by atoms with van der Waals surface area (Å²) in [6.07, 6.45) is 3.80. The number of nitrogen functional groups attached to an aromatic ring is 1. The van der Waals surface area contributed by atoms with E-state index in [2.05, 4.69) is 26.7 Å². The van der Waals surface area contributed by atoms with Crippen molar-refractivity contribution in [3.8, 4) is 0 Å². The number of carboxylic acid groups (broad SMARTS) is 1. The van der Waals surface area contributed by atoms with Crippen LogP contribution in [-0.2, 0) is 11.3 Å². The van der Waals surface area contributed by atoms with Crippen LogP contribution in [0.2, 0.25) is 0 Å². The summed E-state index contributed by atoms with van der Waals surface area (Å²) in [6, 6.07) is 4.44. The molecule has 0 radical (unpaired) electrons. The lowest BCUT2D eigenvalue weighted by molar-refractivity contribution is -0.137. The summed E-state index contributed by atoms with van der Waals surface area (Å²) in [5, 5.41) is 9.15. The summed E-state index contributed by atoms with van der Waals surface area (Å²) in [5.74, 6) is 0.285. The van der Waals surface area contributed by atoms with Crippen LogP contribution in [0.4, 0.5) is 5.82 Å². The Labute approximate surface area is 155 Å². The van der Waals surface area contributed by atoms with E-state index in [-0.39, 0.29) is 6.42 Å². The Balaban J connectivity index is 1.64. The molecule has 0 aliphatic carbocycles. The van der Waals surface area contributed by atoms with Crippen LogP contribution in [0.25, 0.3) is 0 Å². The molecule has 0 aromatic carbocycles. The molecule has 2 aliphatic rings. The Kier molecular flexibility index (Phi) is 6.45. The monoisotopic (exact) mass is 361 g/mol. The normalized spacial score (nSPS) is 26.0. The zero-order valence-corrected chi connectivity index (χ0v) is 15.7. The number of rotatable bonds is 6. The molecule has 1 aromatic rings. The zero-order chi connectivity index (χ0) is 18.5. The first-order valence-corrected chi connectivity index (χ1v) is 9.59. The summed E-state index contributed by atoms with van der Waals surface area (Å²) < 4.78 is 0. The molecule has 26 heavy (non-hydrogen) atoms. The van der Waals surface area contributed by atoms with Crippen molar-refractivity contribution in [2.75, 3.05) is 52.0 Å². The van der Waals surface area contributed by atoms with Gasteiger partial charge >= 0.3 is 5.97 Å². The Morgan fingerprint density at radius 3 is 2.77 bits per heavy atom. The van der Waals surface area contributed by atoms with Gasteiger partial charge in [-0.15, -0.1) is 0 Å². The molecule has 2 saturated heterocycles. The van der Waals surface area contributed by atoms with E-state index in [0.717, 1.165) is 64.2 Å². The number of likely N-dealkylation sites (tertiary alicyclic amines) is 1. The number of carboxylic acids is 1. The van der Waals surface area contributed by atoms with E-state index in [0.29, 0.717) is 17.8 Å². The largest absolute Gasteiger partial charge is 0.481 e. The number of carbonyl (C=O) groups is 1. The third-order valence-electron chi connectivity index (χ3n) is 5.83. The summed E-state index contributed by atoms with van der Waals surface area (Å²) in [6.45, 7) is 7.10. The fraction of sp³-hybridized carbons (Fsp3) is 0.684. The highest BCUT2D eigenvalue weighted by atomic mass is 16.4. The minimum Gasteiger partial charge on any atom is -0.481 e. The lowest BCUT2D eigenvalue weighted by Crippen LogP contribution is -2.56. The molecular formula is C19H31N5O2.